The van der Waals surface area contributed by atoms with Crippen molar-refractivity contribution in [3.05, 3.63) is 76.4 Å². The summed E-state index contributed by atoms with van der Waals surface area (Å²) in [6.45, 7) is 5.60. The summed E-state index contributed by atoms with van der Waals surface area (Å²) < 4.78 is 15.5. The van der Waals surface area contributed by atoms with Gasteiger partial charge in [0.05, 0.1) is 23.9 Å². The summed E-state index contributed by atoms with van der Waals surface area (Å²) in [7, 11) is 0. The topological polar surface area (TPSA) is 136 Å². The fourth-order valence-corrected chi connectivity index (χ4v) is 6.65. The number of nitriles is 1. The molecule has 0 aliphatic carbocycles. The number of carbonyl (C=O) groups excluding carboxylic acids is 1. The van der Waals surface area contributed by atoms with E-state index < -0.39 is 0 Å². The number of aromatic nitrogens is 5. The Morgan fingerprint density at radius 2 is 1.80 bits per heavy atom. The summed E-state index contributed by atoms with van der Waals surface area (Å²) in [5, 5.41) is 20.3. The molecular formula is C33H33FN10OS. The molecule has 2 aliphatic rings. The summed E-state index contributed by atoms with van der Waals surface area (Å²) in [5.41, 5.74) is 4.84. The second-order valence-electron chi connectivity index (χ2n) is 11.6. The molecule has 3 N–H and O–H groups in total. The van der Waals surface area contributed by atoms with E-state index in [1.54, 1.807) is 12.1 Å². The van der Waals surface area contributed by atoms with E-state index in [0.29, 0.717) is 28.6 Å². The molecule has 46 heavy (non-hydrogen) atoms. The average molecular weight is 637 g/mol. The molecule has 234 valence electrons. The third-order valence-corrected chi connectivity index (χ3v) is 9.53. The minimum Gasteiger partial charge on any atom is -0.363 e. The van der Waals surface area contributed by atoms with Gasteiger partial charge >= 0.3 is 0 Å². The molecule has 5 aromatic rings. The molecule has 1 amide bonds. The van der Waals surface area contributed by atoms with E-state index in [2.05, 4.69) is 43.8 Å². The lowest BCUT2D eigenvalue weighted by molar-refractivity contribution is -0.127. The molecule has 7 rings (SSSR count). The number of nitrogens with zero attached hydrogens (tertiary/aromatic N) is 7. The first-order valence-corrected chi connectivity index (χ1v) is 16.3. The average Bonchev–Trinajstić information content (AvgIpc) is 3.64. The fourth-order valence-electron chi connectivity index (χ4n) is 5.83. The van der Waals surface area contributed by atoms with Gasteiger partial charge in [-0.3, -0.25) is 9.20 Å². The number of pyridine rings is 1. The molecule has 0 unspecified atom stereocenters. The fraction of sp³-hybridized carbons (Fsp3) is 0.333. The van der Waals surface area contributed by atoms with Crippen LogP contribution >= 0.6 is 11.3 Å². The van der Waals surface area contributed by atoms with Gasteiger partial charge in [0.25, 0.3) is 0 Å². The van der Waals surface area contributed by atoms with E-state index in [-0.39, 0.29) is 23.7 Å². The molecule has 6 heterocycles. The van der Waals surface area contributed by atoms with Crippen LogP contribution in [0.3, 0.4) is 0 Å². The smallest absolute Gasteiger partial charge is 0.225 e. The van der Waals surface area contributed by atoms with Crippen molar-refractivity contribution in [3.63, 3.8) is 0 Å². The van der Waals surface area contributed by atoms with Gasteiger partial charge in [0, 0.05) is 67.5 Å². The van der Waals surface area contributed by atoms with E-state index >= 15 is 0 Å². The maximum absolute atomic E-state index is 13.4. The van der Waals surface area contributed by atoms with Gasteiger partial charge in [0.2, 0.25) is 11.9 Å². The number of fused-ring (bicyclic) bond motifs is 1. The zero-order valence-corrected chi connectivity index (χ0v) is 26.1. The highest BCUT2D eigenvalue weighted by atomic mass is 32.1. The minimum absolute atomic E-state index is 0.105. The standard InChI is InChI=1S/C33H33FN10OS/c1-2-26-31(37-18-29-42-30(27(13-35)46-29)20-3-6-24(34)7-4-20)44-19-21(5-8-28(44)41-26)22-16-38-33(39-17-22)43-11-9-25(10-12-43)40-32(45)23-14-36-15-23/h3-8,16-17,19,23,25,36-37H,2,9-12,14-15,18H2,1H3,(H,40,45). The first-order valence-electron chi connectivity index (χ1n) is 15.5. The Morgan fingerprint density at radius 1 is 1.07 bits per heavy atom. The zero-order chi connectivity index (χ0) is 31.6. The van der Waals surface area contributed by atoms with Gasteiger partial charge in [0.1, 0.15) is 33.2 Å². The number of hydrogen-bond acceptors (Lipinski definition) is 10. The molecule has 4 aromatic heterocycles. The Balaban J connectivity index is 1.05. The third-order valence-electron chi connectivity index (χ3n) is 8.57. The van der Waals surface area contributed by atoms with Crippen LogP contribution in [0.1, 0.15) is 35.3 Å². The molecule has 0 spiro atoms. The molecule has 0 saturated carbocycles. The molecule has 2 aliphatic heterocycles. The summed E-state index contributed by atoms with van der Waals surface area (Å²) >= 11 is 1.32. The minimum atomic E-state index is -0.332. The van der Waals surface area contributed by atoms with Gasteiger partial charge in [-0.05, 0) is 55.7 Å². The number of thiazole rings is 1. The lowest BCUT2D eigenvalue weighted by atomic mass is 10.00. The third kappa shape index (κ3) is 6.01. The molecule has 2 saturated heterocycles. The normalized spacial score (nSPS) is 15.5. The number of benzene rings is 1. The summed E-state index contributed by atoms with van der Waals surface area (Å²) in [5.74, 6) is 1.48. The monoisotopic (exact) mass is 636 g/mol. The number of piperidine rings is 1. The van der Waals surface area contributed by atoms with Gasteiger partial charge in [0.15, 0.2) is 0 Å². The van der Waals surface area contributed by atoms with Gasteiger partial charge in [-0.2, -0.15) is 5.26 Å². The van der Waals surface area contributed by atoms with Crippen molar-refractivity contribution in [2.24, 2.45) is 5.92 Å². The highest BCUT2D eigenvalue weighted by molar-refractivity contribution is 7.12. The lowest BCUT2D eigenvalue weighted by Gasteiger charge is -2.34. The van der Waals surface area contributed by atoms with E-state index in [1.807, 2.05) is 35.1 Å². The Bertz CT molecular complexity index is 1900. The Kier molecular flexibility index (Phi) is 8.30. The Hall–Kier alpha value is -4.93. The van der Waals surface area contributed by atoms with Crippen molar-refractivity contribution in [1.82, 2.24) is 35.0 Å². The molecule has 2 fully saturated rings. The SMILES string of the molecule is CCc1nc2ccc(-c3cnc(N4CCC(NC(=O)C5CNC5)CC4)nc3)cn2c1NCc1nc(-c2ccc(F)cc2)c(C#N)s1. The number of halogens is 1. The molecule has 13 heteroatoms. The van der Waals surface area contributed by atoms with E-state index in [1.165, 1.54) is 23.5 Å². The number of nitrogens with one attached hydrogen (secondary N) is 3. The summed E-state index contributed by atoms with van der Waals surface area (Å²) in [6.07, 6.45) is 8.20. The van der Waals surface area contributed by atoms with Gasteiger partial charge < -0.3 is 20.9 Å². The van der Waals surface area contributed by atoms with Crippen LogP contribution in [0.2, 0.25) is 0 Å². The largest absolute Gasteiger partial charge is 0.363 e. The second-order valence-corrected chi connectivity index (χ2v) is 12.6. The van der Waals surface area contributed by atoms with E-state index in [4.69, 9.17) is 9.97 Å². The van der Waals surface area contributed by atoms with Crippen LogP contribution in [0.5, 0.6) is 0 Å². The summed E-state index contributed by atoms with van der Waals surface area (Å²) in [4.78, 5) is 33.9. The zero-order valence-electron chi connectivity index (χ0n) is 25.3. The molecular weight excluding hydrogens is 603 g/mol. The number of hydrogen-bond donors (Lipinski definition) is 3. The first-order chi connectivity index (χ1) is 22.5. The molecule has 1 aromatic carbocycles. The maximum Gasteiger partial charge on any atom is 0.225 e. The number of amides is 1. The van der Waals surface area contributed by atoms with Crippen LogP contribution in [0, 0.1) is 23.1 Å². The van der Waals surface area contributed by atoms with Crippen molar-refractivity contribution in [3.8, 4) is 28.5 Å². The molecule has 0 atom stereocenters. The molecule has 0 bridgehead atoms. The number of aryl methyl sites for hydroxylation is 1. The highest BCUT2D eigenvalue weighted by Gasteiger charge is 2.28. The van der Waals surface area contributed by atoms with E-state index in [0.717, 1.165) is 78.7 Å². The predicted octanol–water partition coefficient (Wildman–Crippen LogP) is 4.40. The van der Waals surface area contributed by atoms with Gasteiger partial charge in [-0.1, -0.05) is 6.92 Å². The Labute approximate surface area is 269 Å². The van der Waals surface area contributed by atoms with Crippen molar-refractivity contribution in [2.75, 3.05) is 36.4 Å². The van der Waals surface area contributed by atoms with Gasteiger partial charge in [-0.15, -0.1) is 11.3 Å². The van der Waals surface area contributed by atoms with Crippen LogP contribution in [-0.2, 0) is 17.8 Å². The van der Waals surface area contributed by atoms with Crippen molar-refractivity contribution >= 4 is 34.7 Å². The van der Waals surface area contributed by atoms with Crippen LogP contribution in [0.15, 0.2) is 55.0 Å². The lowest BCUT2D eigenvalue weighted by Crippen LogP contribution is -2.54. The number of anilines is 2. The number of carbonyl (C=O) groups is 1. The molecule has 0 radical (unpaired) electrons. The Morgan fingerprint density at radius 3 is 2.48 bits per heavy atom. The van der Waals surface area contributed by atoms with Crippen molar-refractivity contribution in [2.45, 2.75) is 38.8 Å². The van der Waals surface area contributed by atoms with Crippen molar-refractivity contribution < 1.29 is 9.18 Å². The first kappa shape index (κ1) is 29.8. The quantitative estimate of drug-likeness (QED) is 0.215. The number of rotatable bonds is 9. The van der Waals surface area contributed by atoms with Crippen LogP contribution in [0.25, 0.3) is 28.0 Å². The second kappa shape index (κ2) is 12.8. The van der Waals surface area contributed by atoms with Crippen molar-refractivity contribution in [1.29, 1.82) is 5.26 Å². The van der Waals surface area contributed by atoms with Gasteiger partial charge in [-0.25, -0.2) is 24.3 Å². The summed E-state index contributed by atoms with van der Waals surface area (Å²) in [6, 6.07) is 12.4. The maximum atomic E-state index is 13.4. The van der Waals surface area contributed by atoms with Crippen LogP contribution < -0.4 is 20.9 Å². The van der Waals surface area contributed by atoms with Crippen LogP contribution in [0.4, 0.5) is 16.2 Å². The predicted molar refractivity (Wildman–Crippen MR) is 175 cm³/mol. The molecule has 11 nitrogen and oxygen atoms in total. The highest BCUT2D eigenvalue weighted by Crippen LogP contribution is 2.30. The van der Waals surface area contributed by atoms with E-state index in [9.17, 15) is 14.4 Å². The van der Waals surface area contributed by atoms with Crippen LogP contribution in [-0.4, -0.2) is 62.5 Å². The number of imidazole rings is 1.